The van der Waals surface area contributed by atoms with E-state index in [2.05, 4.69) is 6.92 Å². The maximum atomic E-state index is 2.47. The molecule has 0 heteroatoms. The minimum absolute atomic E-state index is 0.833. The highest BCUT2D eigenvalue weighted by Crippen LogP contribution is 2.56. The number of rotatable bonds is 0. The summed E-state index contributed by atoms with van der Waals surface area (Å²) in [6, 6.07) is 0. The van der Waals surface area contributed by atoms with Gasteiger partial charge in [-0.2, -0.15) is 0 Å². The summed E-state index contributed by atoms with van der Waals surface area (Å²) < 4.78 is 0. The zero-order chi connectivity index (χ0) is 5.61. The third-order valence-electron chi connectivity index (χ3n) is 3.35. The van der Waals surface area contributed by atoms with Gasteiger partial charge in [-0.1, -0.05) is 13.3 Å². The molecule has 2 atom stereocenters. The van der Waals surface area contributed by atoms with E-state index in [1.165, 1.54) is 32.1 Å². The first-order chi connectivity index (χ1) is 3.81. The summed E-state index contributed by atoms with van der Waals surface area (Å²) in [6.07, 6.45) is 7.64. The van der Waals surface area contributed by atoms with Crippen molar-refractivity contribution in [3.8, 4) is 0 Å². The molecule has 0 aliphatic heterocycles. The van der Waals surface area contributed by atoms with Gasteiger partial charge in [0.15, 0.2) is 0 Å². The van der Waals surface area contributed by atoms with Gasteiger partial charge in [-0.25, -0.2) is 0 Å². The van der Waals surface area contributed by atoms with Gasteiger partial charge in [-0.05, 0) is 37.0 Å². The van der Waals surface area contributed by atoms with Crippen LogP contribution in [0.15, 0.2) is 0 Å². The summed E-state index contributed by atoms with van der Waals surface area (Å²) in [5.74, 6) is 1.14. The van der Waals surface area contributed by atoms with E-state index in [9.17, 15) is 0 Å². The molecule has 0 radical (unpaired) electrons. The van der Waals surface area contributed by atoms with E-state index in [0.29, 0.717) is 0 Å². The SMILES string of the molecule is C[C@@]12CCC[C@@H]1CC2. The van der Waals surface area contributed by atoms with Crippen LogP contribution in [0.3, 0.4) is 0 Å². The molecule has 0 saturated heterocycles. The second-order valence-corrected chi connectivity index (χ2v) is 3.78. The largest absolute Gasteiger partial charge is 0.0594 e. The molecule has 0 aromatic heterocycles. The standard InChI is InChI=1S/C8H14/c1-8-5-2-3-7(8)4-6-8/h7H,2-6H2,1H3/t7-,8+/m1/s1. The number of fused-ring (bicyclic) bond motifs is 1. The van der Waals surface area contributed by atoms with Gasteiger partial charge in [0.2, 0.25) is 0 Å². The molecule has 0 N–H and O–H groups in total. The van der Waals surface area contributed by atoms with Gasteiger partial charge in [-0.3, -0.25) is 0 Å². The summed E-state index contributed by atoms with van der Waals surface area (Å²) in [7, 11) is 0. The van der Waals surface area contributed by atoms with E-state index >= 15 is 0 Å². The van der Waals surface area contributed by atoms with Crippen LogP contribution >= 0.6 is 0 Å². The van der Waals surface area contributed by atoms with Gasteiger partial charge < -0.3 is 0 Å². The van der Waals surface area contributed by atoms with Crippen molar-refractivity contribution in [2.75, 3.05) is 0 Å². The molecule has 0 amide bonds. The molecule has 0 unspecified atom stereocenters. The zero-order valence-electron chi connectivity index (χ0n) is 5.61. The summed E-state index contributed by atoms with van der Waals surface area (Å²) in [6.45, 7) is 2.47. The highest BCUT2D eigenvalue weighted by Gasteiger charge is 2.45. The third kappa shape index (κ3) is 0.416. The average Bonchev–Trinajstić information content (AvgIpc) is 1.94. The quantitative estimate of drug-likeness (QED) is 0.449. The molecule has 2 saturated carbocycles. The molecule has 2 rings (SSSR count). The molecule has 2 fully saturated rings. The molecule has 2 aliphatic rings. The first-order valence-corrected chi connectivity index (χ1v) is 3.81. The molecule has 0 spiro atoms. The number of hydrogen-bond acceptors (Lipinski definition) is 0. The molecule has 2 aliphatic carbocycles. The molecular weight excluding hydrogens is 96.1 g/mol. The highest BCUT2D eigenvalue weighted by atomic mass is 14.5. The lowest BCUT2D eigenvalue weighted by molar-refractivity contribution is 0.0882. The van der Waals surface area contributed by atoms with Gasteiger partial charge in [0.05, 0.1) is 0 Å². The number of hydrogen-bond donors (Lipinski definition) is 0. The Morgan fingerprint density at radius 3 is 2.38 bits per heavy atom. The van der Waals surface area contributed by atoms with Crippen LogP contribution in [0.1, 0.15) is 39.0 Å². The van der Waals surface area contributed by atoms with Crippen LogP contribution in [0, 0.1) is 11.3 Å². The predicted molar refractivity (Wildman–Crippen MR) is 34.7 cm³/mol. The van der Waals surface area contributed by atoms with Crippen molar-refractivity contribution < 1.29 is 0 Å². The van der Waals surface area contributed by atoms with Gasteiger partial charge in [0, 0.05) is 0 Å². The lowest BCUT2D eigenvalue weighted by Crippen LogP contribution is -2.31. The average molecular weight is 110 g/mol. The van der Waals surface area contributed by atoms with Crippen molar-refractivity contribution >= 4 is 0 Å². The second kappa shape index (κ2) is 1.29. The Kier molecular flexibility index (Phi) is 0.778. The topological polar surface area (TPSA) is 0 Å². The van der Waals surface area contributed by atoms with E-state index in [4.69, 9.17) is 0 Å². The maximum Gasteiger partial charge on any atom is -0.0297 e. The molecule has 0 aromatic carbocycles. The van der Waals surface area contributed by atoms with Crippen molar-refractivity contribution in [3.05, 3.63) is 0 Å². The Morgan fingerprint density at radius 1 is 1.25 bits per heavy atom. The zero-order valence-corrected chi connectivity index (χ0v) is 5.61. The predicted octanol–water partition coefficient (Wildman–Crippen LogP) is 2.59. The molecule has 0 heterocycles. The summed E-state index contributed by atoms with van der Waals surface area (Å²) in [5.41, 5.74) is 0.833. The second-order valence-electron chi connectivity index (χ2n) is 3.78. The Morgan fingerprint density at radius 2 is 2.12 bits per heavy atom. The van der Waals surface area contributed by atoms with Crippen molar-refractivity contribution in [3.63, 3.8) is 0 Å². The fourth-order valence-corrected chi connectivity index (χ4v) is 2.42. The van der Waals surface area contributed by atoms with Crippen LogP contribution in [0.4, 0.5) is 0 Å². The summed E-state index contributed by atoms with van der Waals surface area (Å²) in [5, 5.41) is 0. The Hall–Kier alpha value is 0. The van der Waals surface area contributed by atoms with Crippen LogP contribution in [-0.4, -0.2) is 0 Å². The first-order valence-electron chi connectivity index (χ1n) is 3.81. The fourth-order valence-electron chi connectivity index (χ4n) is 2.42. The van der Waals surface area contributed by atoms with Crippen LogP contribution < -0.4 is 0 Å². The van der Waals surface area contributed by atoms with E-state index in [-0.39, 0.29) is 0 Å². The minimum atomic E-state index is 0.833. The summed E-state index contributed by atoms with van der Waals surface area (Å²) >= 11 is 0. The third-order valence-corrected chi connectivity index (χ3v) is 3.35. The Bertz CT molecular complexity index is 107. The van der Waals surface area contributed by atoms with Gasteiger partial charge in [0.1, 0.15) is 0 Å². The molecular formula is C8H14. The fraction of sp³-hybridized carbons (Fsp3) is 1.00. The van der Waals surface area contributed by atoms with Crippen LogP contribution in [0.25, 0.3) is 0 Å². The molecule has 46 valence electrons. The van der Waals surface area contributed by atoms with Crippen LogP contribution in [0.5, 0.6) is 0 Å². The molecule has 0 bridgehead atoms. The Labute approximate surface area is 51.3 Å². The lowest BCUT2D eigenvalue weighted by Gasteiger charge is -2.42. The lowest BCUT2D eigenvalue weighted by atomic mass is 9.64. The van der Waals surface area contributed by atoms with Crippen molar-refractivity contribution in [1.82, 2.24) is 0 Å². The van der Waals surface area contributed by atoms with Crippen molar-refractivity contribution in [2.45, 2.75) is 39.0 Å². The van der Waals surface area contributed by atoms with E-state index < -0.39 is 0 Å². The van der Waals surface area contributed by atoms with E-state index in [1.54, 1.807) is 0 Å². The van der Waals surface area contributed by atoms with Crippen molar-refractivity contribution in [1.29, 1.82) is 0 Å². The van der Waals surface area contributed by atoms with Crippen LogP contribution in [-0.2, 0) is 0 Å². The first kappa shape index (κ1) is 4.84. The van der Waals surface area contributed by atoms with Gasteiger partial charge in [-0.15, -0.1) is 0 Å². The van der Waals surface area contributed by atoms with Crippen molar-refractivity contribution in [2.24, 2.45) is 11.3 Å². The highest BCUT2D eigenvalue weighted by molar-refractivity contribution is 4.96. The molecule has 8 heavy (non-hydrogen) atoms. The maximum absolute atomic E-state index is 2.47. The van der Waals surface area contributed by atoms with Gasteiger partial charge >= 0.3 is 0 Å². The molecule has 0 aromatic rings. The Balaban J connectivity index is 2.14. The van der Waals surface area contributed by atoms with Crippen LogP contribution in [0.2, 0.25) is 0 Å². The molecule has 0 nitrogen and oxygen atoms in total. The van der Waals surface area contributed by atoms with E-state index in [1.807, 2.05) is 0 Å². The monoisotopic (exact) mass is 110 g/mol. The normalized spacial score (nSPS) is 52.9. The summed E-state index contributed by atoms with van der Waals surface area (Å²) in [4.78, 5) is 0. The smallest absolute Gasteiger partial charge is 0.0297 e. The van der Waals surface area contributed by atoms with E-state index in [0.717, 1.165) is 11.3 Å². The minimum Gasteiger partial charge on any atom is -0.0594 e. The van der Waals surface area contributed by atoms with Gasteiger partial charge in [0.25, 0.3) is 0 Å².